The fourth-order valence-electron chi connectivity index (χ4n) is 4.16. The monoisotopic (exact) mass is 418 g/mol. The van der Waals surface area contributed by atoms with Gasteiger partial charge in [-0.3, -0.25) is 4.79 Å². The first-order chi connectivity index (χ1) is 13.4. The molecule has 1 saturated carbocycles. The smallest absolute Gasteiger partial charge is 0.252 e. The molecule has 2 fully saturated rings. The first-order valence-corrected chi connectivity index (χ1v) is 12.1. The van der Waals surface area contributed by atoms with Gasteiger partial charge in [0.2, 0.25) is 5.91 Å². The van der Waals surface area contributed by atoms with Gasteiger partial charge in [0, 0.05) is 18.0 Å². The standard InChI is InChI=1S/C21H26N2O3S2/c1-16-10-11-19(27-16)28(25,26)23-14-5-7-17(15-23)20(24)22-21(12-6-13-21)18-8-3-2-4-9-18/h2-4,8-11,17H,5-7,12-15H2,1H3,(H,22,24). The summed E-state index contributed by atoms with van der Waals surface area (Å²) in [5.41, 5.74) is 0.855. The molecule has 1 aromatic carbocycles. The van der Waals surface area contributed by atoms with Crippen LogP contribution in [0.25, 0.3) is 0 Å². The molecular formula is C21H26N2O3S2. The van der Waals surface area contributed by atoms with Crippen LogP contribution in [0.5, 0.6) is 0 Å². The highest BCUT2D eigenvalue weighted by atomic mass is 32.2. The van der Waals surface area contributed by atoms with E-state index in [1.807, 2.05) is 31.2 Å². The van der Waals surface area contributed by atoms with Crippen LogP contribution < -0.4 is 5.32 Å². The van der Waals surface area contributed by atoms with Gasteiger partial charge in [-0.25, -0.2) is 8.42 Å². The summed E-state index contributed by atoms with van der Waals surface area (Å²) in [7, 11) is -3.52. The summed E-state index contributed by atoms with van der Waals surface area (Å²) in [5, 5.41) is 3.27. The van der Waals surface area contributed by atoms with Crippen LogP contribution in [0.3, 0.4) is 0 Å². The predicted molar refractivity (Wildman–Crippen MR) is 111 cm³/mol. The summed E-state index contributed by atoms with van der Waals surface area (Å²) in [6, 6.07) is 13.6. The molecule has 28 heavy (non-hydrogen) atoms. The minimum Gasteiger partial charge on any atom is -0.346 e. The van der Waals surface area contributed by atoms with E-state index in [1.165, 1.54) is 15.6 Å². The Morgan fingerprint density at radius 1 is 1.14 bits per heavy atom. The van der Waals surface area contributed by atoms with Crippen LogP contribution >= 0.6 is 11.3 Å². The van der Waals surface area contributed by atoms with Crippen LogP contribution in [0, 0.1) is 12.8 Å². The number of nitrogens with one attached hydrogen (secondary N) is 1. The van der Waals surface area contributed by atoms with Crippen LogP contribution in [0.4, 0.5) is 0 Å². The van der Waals surface area contributed by atoms with Gasteiger partial charge in [-0.15, -0.1) is 11.3 Å². The molecule has 5 nitrogen and oxygen atoms in total. The second-order valence-corrected chi connectivity index (χ2v) is 11.3. The third-order valence-electron chi connectivity index (χ3n) is 5.96. The lowest BCUT2D eigenvalue weighted by Gasteiger charge is -2.44. The third-order valence-corrected chi connectivity index (χ3v) is 9.29. The Morgan fingerprint density at radius 3 is 2.50 bits per heavy atom. The van der Waals surface area contributed by atoms with E-state index in [0.717, 1.165) is 36.1 Å². The van der Waals surface area contributed by atoms with Crippen LogP contribution in [0.1, 0.15) is 42.5 Å². The van der Waals surface area contributed by atoms with Gasteiger partial charge >= 0.3 is 0 Å². The molecule has 1 aliphatic carbocycles. The maximum atomic E-state index is 13.1. The molecule has 7 heteroatoms. The molecule has 0 spiro atoms. The number of thiophene rings is 1. The lowest BCUT2D eigenvalue weighted by atomic mass is 9.71. The molecule has 1 saturated heterocycles. The number of nitrogens with zero attached hydrogens (tertiary/aromatic N) is 1. The number of rotatable bonds is 5. The number of aryl methyl sites for hydroxylation is 1. The molecule has 1 aliphatic heterocycles. The summed E-state index contributed by atoms with van der Waals surface area (Å²) in [5.74, 6) is -0.323. The second-order valence-electron chi connectivity index (χ2n) is 7.86. The summed E-state index contributed by atoms with van der Waals surface area (Å²) < 4.78 is 27.7. The molecule has 1 atom stereocenters. The average Bonchev–Trinajstić information content (AvgIpc) is 3.12. The van der Waals surface area contributed by atoms with Crippen molar-refractivity contribution in [2.75, 3.05) is 13.1 Å². The number of carbonyl (C=O) groups is 1. The summed E-state index contributed by atoms with van der Waals surface area (Å²) in [4.78, 5) is 14.0. The number of amides is 1. The first-order valence-electron chi connectivity index (χ1n) is 9.85. The SMILES string of the molecule is Cc1ccc(S(=O)(=O)N2CCCC(C(=O)NC3(c4ccccc4)CCC3)C2)s1. The molecule has 1 N–H and O–H groups in total. The maximum Gasteiger partial charge on any atom is 0.252 e. The van der Waals surface area contributed by atoms with Crippen molar-refractivity contribution in [1.29, 1.82) is 0 Å². The Bertz CT molecular complexity index is 949. The second kappa shape index (κ2) is 7.61. The molecule has 2 heterocycles. The highest BCUT2D eigenvalue weighted by molar-refractivity contribution is 7.91. The molecular weight excluding hydrogens is 392 g/mol. The van der Waals surface area contributed by atoms with E-state index in [2.05, 4.69) is 17.4 Å². The topological polar surface area (TPSA) is 66.5 Å². The lowest BCUT2D eigenvalue weighted by Crippen LogP contribution is -2.54. The molecule has 0 bridgehead atoms. The van der Waals surface area contributed by atoms with Crippen LogP contribution in [-0.2, 0) is 20.4 Å². The van der Waals surface area contributed by atoms with Crippen molar-refractivity contribution in [2.24, 2.45) is 5.92 Å². The fourth-order valence-corrected chi connectivity index (χ4v) is 7.13. The van der Waals surface area contributed by atoms with Gasteiger partial charge in [0.1, 0.15) is 4.21 Å². The van der Waals surface area contributed by atoms with Crippen LogP contribution in [0.15, 0.2) is 46.7 Å². The Kier molecular flexibility index (Phi) is 5.33. The lowest BCUT2D eigenvalue weighted by molar-refractivity contribution is -0.129. The van der Waals surface area contributed by atoms with E-state index in [0.29, 0.717) is 17.2 Å². The van der Waals surface area contributed by atoms with Gasteiger partial charge in [0.15, 0.2) is 0 Å². The van der Waals surface area contributed by atoms with Gasteiger partial charge in [0.25, 0.3) is 10.0 Å². The van der Waals surface area contributed by atoms with Gasteiger partial charge in [0.05, 0.1) is 11.5 Å². The maximum absolute atomic E-state index is 13.1. The van der Waals surface area contributed by atoms with E-state index < -0.39 is 10.0 Å². The highest BCUT2D eigenvalue weighted by Crippen LogP contribution is 2.41. The quantitative estimate of drug-likeness (QED) is 0.806. The number of piperidine rings is 1. The molecule has 2 aromatic rings. The summed E-state index contributed by atoms with van der Waals surface area (Å²) in [6.07, 6.45) is 4.40. The van der Waals surface area contributed by atoms with Crippen LogP contribution in [0.2, 0.25) is 0 Å². The number of benzene rings is 1. The number of carbonyl (C=O) groups excluding carboxylic acids is 1. The first kappa shape index (κ1) is 19.6. The molecule has 4 rings (SSSR count). The number of hydrogen-bond acceptors (Lipinski definition) is 4. The van der Waals surface area contributed by atoms with Crippen molar-refractivity contribution < 1.29 is 13.2 Å². The molecule has 150 valence electrons. The molecule has 1 aromatic heterocycles. The predicted octanol–water partition coefficient (Wildman–Crippen LogP) is 3.65. The van der Waals surface area contributed by atoms with E-state index in [-0.39, 0.29) is 23.9 Å². The zero-order chi connectivity index (χ0) is 19.8. The molecule has 1 amide bonds. The van der Waals surface area contributed by atoms with Crippen molar-refractivity contribution in [3.8, 4) is 0 Å². The van der Waals surface area contributed by atoms with Gasteiger partial charge in [-0.2, -0.15) is 4.31 Å². The van der Waals surface area contributed by atoms with Gasteiger partial charge in [-0.05, 0) is 56.7 Å². The highest BCUT2D eigenvalue weighted by Gasteiger charge is 2.42. The molecule has 0 radical (unpaired) electrons. The van der Waals surface area contributed by atoms with Crippen molar-refractivity contribution in [3.63, 3.8) is 0 Å². The van der Waals surface area contributed by atoms with Crippen molar-refractivity contribution in [2.45, 2.75) is 48.8 Å². The minimum atomic E-state index is -3.52. The van der Waals surface area contributed by atoms with Gasteiger partial charge < -0.3 is 5.32 Å². The normalized spacial score (nSPS) is 22.4. The van der Waals surface area contributed by atoms with E-state index in [9.17, 15) is 13.2 Å². The largest absolute Gasteiger partial charge is 0.346 e. The number of sulfonamides is 1. The molecule has 1 unspecified atom stereocenters. The van der Waals surface area contributed by atoms with Crippen molar-refractivity contribution >= 4 is 27.3 Å². The Balaban J connectivity index is 1.48. The fraction of sp³-hybridized carbons (Fsp3) is 0.476. The van der Waals surface area contributed by atoms with Gasteiger partial charge in [-0.1, -0.05) is 30.3 Å². The van der Waals surface area contributed by atoms with Crippen LogP contribution in [-0.4, -0.2) is 31.7 Å². The zero-order valence-electron chi connectivity index (χ0n) is 16.1. The Hall–Kier alpha value is -1.70. The van der Waals surface area contributed by atoms with Crippen molar-refractivity contribution in [3.05, 3.63) is 52.9 Å². The average molecular weight is 419 g/mol. The Morgan fingerprint density at radius 2 is 1.89 bits per heavy atom. The number of hydrogen-bond donors (Lipinski definition) is 1. The Labute approximate surface area is 170 Å². The molecule has 2 aliphatic rings. The summed E-state index contributed by atoms with van der Waals surface area (Å²) in [6.45, 7) is 2.64. The van der Waals surface area contributed by atoms with Crippen molar-refractivity contribution in [1.82, 2.24) is 9.62 Å². The zero-order valence-corrected chi connectivity index (χ0v) is 17.7. The van der Waals surface area contributed by atoms with E-state index in [4.69, 9.17) is 0 Å². The van der Waals surface area contributed by atoms with E-state index in [1.54, 1.807) is 6.07 Å². The minimum absolute atomic E-state index is 0.0224. The van der Waals surface area contributed by atoms with E-state index >= 15 is 0 Å². The summed E-state index contributed by atoms with van der Waals surface area (Å²) >= 11 is 1.29. The third kappa shape index (κ3) is 3.63.